The molecule has 0 bridgehead atoms. The van der Waals surface area contributed by atoms with Crippen LogP contribution in [0.3, 0.4) is 0 Å². The molecule has 19 heavy (non-hydrogen) atoms. The highest BCUT2D eigenvalue weighted by Crippen LogP contribution is 2.21. The van der Waals surface area contributed by atoms with Gasteiger partial charge in [-0.3, -0.25) is 4.79 Å². The number of hydrogen-bond donors (Lipinski definition) is 1. The highest BCUT2D eigenvalue weighted by atomic mass is 16.2. The monoisotopic (exact) mass is 259 g/mol. The first-order chi connectivity index (χ1) is 8.79. The fourth-order valence-corrected chi connectivity index (χ4v) is 2.25. The number of benzene rings is 1. The van der Waals surface area contributed by atoms with Crippen LogP contribution in [0.15, 0.2) is 24.3 Å². The molecule has 2 aromatic rings. The molecule has 1 heterocycles. The number of amides is 1. The molecule has 1 unspecified atom stereocenters. The van der Waals surface area contributed by atoms with Crippen LogP contribution in [0.1, 0.15) is 39.6 Å². The summed E-state index contributed by atoms with van der Waals surface area (Å²) in [5.41, 5.74) is 1.70. The van der Waals surface area contributed by atoms with Crippen molar-refractivity contribution in [2.24, 2.45) is 0 Å². The Morgan fingerprint density at radius 1 is 1.32 bits per heavy atom. The van der Waals surface area contributed by atoms with E-state index in [1.54, 1.807) is 0 Å². The quantitative estimate of drug-likeness (QED) is 0.901. The Balaban J connectivity index is 2.39. The summed E-state index contributed by atoms with van der Waals surface area (Å²) in [5, 5.41) is 3.01. The van der Waals surface area contributed by atoms with E-state index in [1.165, 1.54) is 0 Å². The van der Waals surface area contributed by atoms with Gasteiger partial charge in [0.1, 0.15) is 11.9 Å². The van der Waals surface area contributed by atoms with Crippen molar-refractivity contribution in [1.82, 2.24) is 14.9 Å². The Morgan fingerprint density at radius 3 is 2.58 bits per heavy atom. The summed E-state index contributed by atoms with van der Waals surface area (Å²) in [6, 6.07) is 7.61. The molecule has 4 heteroatoms. The lowest BCUT2D eigenvalue weighted by Crippen LogP contribution is -2.43. The van der Waals surface area contributed by atoms with E-state index in [4.69, 9.17) is 0 Å². The number of nitrogens with zero attached hydrogens (tertiary/aromatic N) is 2. The predicted molar refractivity (Wildman–Crippen MR) is 77.1 cm³/mol. The standard InChI is InChI=1S/C15H21N3O/c1-10(14(19)17-15(3,4)5)18-11(2)16-12-8-6-7-9-13(12)18/h6-10H,1-5H3,(H,17,19). The van der Waals surface area contributed by atoms with Gasteiger partial charge in [-0.1, -0.05) is 12.1 Å². The van der Waals surface area contributed by atoms with Gasteiger partial charge < -0.3 is 9.88 Å². The lowest BCUT2D eigenvalue weighted by Gasteiger charge is -2.24. The number of fused-ring (bicyclic) bond motifs is 1. The van der Waals surface area contributed by atoms with Crippen LogP contribution in [0.25, 0.3) is 11.0 Å². The van der Waals surface area contributed by atoms with Crippen LogP contribution in [-0.2, 0) is 4.79 Å². The third kappa shape index (κ3) is 2.78. The maximum absolute atomic E-state index is 12.3. The van der Waals surface area contributed by atoms with E-state index >= 15 is 0 Å². The van der Waals surface area contributed by atoms with Gasteiger partial charge in [-0.05, 0) is 46.8 Å². The van der Waals surface area contributed by atoms with Gasteiger partial charge in [0.2, 0.25) is 5.91 Å². The number of carbonyl (C=O) groups is 1. The minimum absolute atomic E-state index is 0.0127. The van der Waals surface area contributed by atoms with Gasteiger partial charge >= 0.3 is 0 Å². The summed E-state index contributed by atoms with van der Waals surface area (Å²) >= 11 is 0. The Labute approximate surface area is 113 Å². The summed E-state index contributed by atoms with van der Waals surface area (Å²) in [7, 11) is 0. The van der Waals surface area contributed by atoms with E-state index in [-0.39, 0.29) is 17.5 Å². The van der Waals surface area contributed by atoms with Crippen molar-refractivity contribution < 1.29 is 4.79 Å². The molecule has 0 saturated carbocycles. The van der Waals surface area contributed by atoms with Crippen molar-refractivity contribution in [2.45, 2.75) is 46.2 Å². The largest absolute Gasteiger partial charge is 0.350 e. The van der Waals surface area contributed by atoms with E-state index in [9.17, 15) is 4.79 Å². The zero-order chi connectivity index (χ0) is 14.2. The fraction of sp³-hybridized carbons (Fsp3) is 0.467. The molecule has 0 aliphatic carbocycles. The first-order valence-corrected chi connectivity index (χ1v) is 6.55. The van der Waals surface area contributed by atoms with Crippen LogP contribution < -0.4 is 5.32 Å². The van der Waals surface area contributed by atoms with Crippen LogP contribution in [0.5, 0.6) is 0 Å². The third-order valence-electron chi connectivity index (χ3n) is 3.04. The highest BCUT2D eigenvalue weighted by molar-refractivity contribution is 5.84. The number of carbonyl (C=O) groups excluding carboxylic acids is 1. The molecule has 2 rings (SSSR count). The second-order valence-corrected chi connectivity index (χ2v) is 5.93. The van der Waals surface area contributed by atoms with Crippen molar-refractivity contribution in [3.63, 3.8) is 0 Å². The summed E-state index contributed by atoms with van der Waals surface area (Å²) < 4.78 is 1.98. The number of aryl methyl sites for hydroxylation is 1. The first kappa shape index (κ1) is 13.6. The van der Waals surface area contributed by atoms with Crippen molar-refractivity contribution in [3.8, 4) is 0 Å². The zero-order valence-electron chi connectivity index (χ0n) is 12.2. The van der Waals surface area contributed by atoms with Crippen LogP contribution in [0, 0.1) is 6.92 Å². The first-order valence-electron chi connectivity index (χ1n) is 6.55. The minimum atomic E-state index is -0.272. The molecule has 1 N–H and O–H groups in total. The highest BCUT2D eigenvalue weighted by Gasteiger charge is 2.23. The van der Waals surface area contributed by atoms with E-state index in [1.807, 2.05) is 63.5 Å². The lowest BCUT2D eigenvalue weighted by atomic mass is 10.1. The maximum Gasteiger partial charge on any atom is 0.243 e. The molecule has 1 aromatic carbocycles. The molecular weight excluding hydrogens is 238 g/mol. The molecule has 1 aromatic heterocycles. The average molecular weight is 259 g/mol. The molecule has 0 aliphatic heterocycles. The Morgan fingerprint density at radius 2 is 1.95 bits per heavy atom. The number of para-hydroxylation sites is 2. The fourth-order valence-electron chi connectivity index (χ4n) is 2.25. The van der Waals surface area contributed by atoms with Gasteiger partial charge in [-0.2, -0.15) is 0 Å². The second-order valence-electron chi connectivity index (χ2n) is 5.93. The summed E-state index contributed by atoms with van der Waals surface area (Å²) in [5.74, 6) is 0.872. The molecule has 0 fully saturated rings. The second kappa shape index (κ2) is 4.68. The molecule has 0 spiro atoms. The normalized spacial score (nSPS) is 13.5. The summed E-state index contributed by atoms with van der Waals surface area (Å²) in [6.45, 7) is 9.78. The van der Waals surface area contributed by atoms with Crippen LogP contribution in [0.2, 0.25) is 0 Å². The Bertz CT molecular complexity index is 607. The van der Waals surface area contributed by atoms with Crippen LogP contribution in [-0.4, -0.2) is 21.0 Å². The topological polar surface area (TPSA) is 46.9 Å². The van der Waals surface area contributed by atoms with E-state index < -0.39 is 0 Å². The lowest BCUT2D eigenvalue weighted by molar-refractivity contribution is -0.125. The molecule has 0 saturated heterocycles. The van der Waals surface area contributed by atoms with Gasteiger partial charge in [0.15, 0.2) is 0 Å². The molecule has 1 atom stereocenters. The molecule has 4 nitrogen and oxygen atoms in total. The van der Waals surface area contributed by atoms with Gasteiger partial charge in [0.05, 0.1) is 11.0 Å². The number of nitrogens with one attached hydrogen (secondary N) is 1. The number of rotatable bonds is 2. The average Bonchev–Trinajstić information content (AvgIpc) is 2.61. The van der Waals surface area contributed by atoms with E-state index in [0.717, 1.165) is 16.9 Å². The summed E-state index contributed by atoms with van der Waals surface area (Å²) in [6.07, 6.45) is 0. The molecule has 0 radical (unpaired) electrons. The van der Waals surface area contributed by atoms with E-state index in [0.29, 0.717) is 0 Å². The van der Waals surface area contributed by atoms with Gasteiger partial charge in [-0.25, -0.2) is 4.98 Å². The predicted octanol–water partition coefficient (Wildman–Crippen LogP) is 2.82. The van der Waals surface area contributed by atoms with Crippen LogP contribution >= 0.6 is 0 Å². The van der Waals surface area contributed by atoms with E-state index in [2.05, 4.69) is 10.3 Å². The van der Waals surface area contributed by atoms with Crippen molar-refractivity contribution in [1.29, 1.82) is 0 Å². The third-order valence-corrected chi connectivity index (χ3v) is 3.04. The van der Waals surface area contributed by atoms with Crippen LogP contribution in [0.4, 0.5) is 0 Å². The smallest absolute Gasteiger partial charge is 0.243 e. The van der Waals surface area contributed by atoms with Crippen molar-refractivity contribution >= 4 is 16.9 Å². The Kier molecular flexibility index (Phi) is 3.35. The molecule has 102 valence electrons. The van der Waals surface area contributed by atoms with Crippen molar-refractivity contribution in [3.05, 3.63) is 30.1 Å². The van der Waals surface area contributed by atoms with Gasteiger partial charge in [-0.15, -0.1) is 0 Å². The number of imidazole rings is 1. The molecule has 1 amide bonds. The van der Waals surface area contributed by atoms with Crippen molar-refractivity contribution in [2.75, 3.05) is 0 Å². The SMILES string of the molecule is Cc1nc2ccccc2n1C(C)C(=O)NC(C)(C)C. The number of aromatic nitrogens is 2. The number of hydrogen-bond acceptors (Lipinski definition) is 2. The maximum atomic E-state index is 12.3. The molecular formula is C15H21N3O. The zero-order valence-corrected chi connectivity index (χ0v) is 12.2. The Hall–Kier alpha value is -1.84. The van der Waals surface area contributed by atoms with Gasteiger partial charge in [0, 0.05) is 5.54 Å². The summed E-state index contributed by atoms with van der Waals surface area (Å²) in [4.78, 5) is 16.8. The van der Waals surface area contributed by atoms with Gasteiger partial charge in [0.25, 0.3) is 0 Å². The minimum Gasteiger partial charge on any atom is -0.350 e. The molecule has 0 aliphatic rings.